The first-order chi connectivity index (χ1) is 10.7. The number of allylic oxidation sites excluding steroid dienone is 1. The summed E-state index contributed by atoms with van der Waals surface area (Å²) in [6.45, 7) is 0. The fourth-order valence-electron chi connectivity index (χ4n) is 1.79. The minimum absolute atomic E-state index is 0.0999. The first-order valence-corrected chi connectivity index (χ1v) is 7.51. The zero-order valence-corrected chi connectivity index (χ0v) is 12.8. The number of rotatable bonds is 6. The average Bonchev–Trinajstić information content (AvgIpc) is 2.54. The Labute approximate surface area is 135 Å². The number of carbonyl (C=O) groups excluding carboxylic acids is 2. The third-order valence-corrected chi connectivity index (χ3v) is 3.14. The number of ketones is 1. The molecule has 0 saturated carbocycles. The van der Waals surface area contributed by atoms with Crippen LogP contribution < -0.4 is 4.74 Å². The molecule has 2 aromatic rings. The molecule has 0 aliphatic carbocycles. The van der Waals surface area contributed by atoms with Gasteiger partial charge in [-0.05, 0) is 35.9 Å². The molecule has 2 aromatic carbocycles. The van der Waals surface area contributed by atoms with Crippen molar-refractivity contribution in [2.24, 2.45) is 0 Å². The second-order valence-corrected chi connectivity index (χ2v) is 5.03. The van der Waals surface area contributed by atoms with E-state index in [-0.39, 0.29) is 18.2 Å². The number of hydrogen-bond acceptors (Lipinski definition) is 4. The fraction of sp³-hybridized carbons (Fsp3) is 0.111. The monoisotopic (exact) mass is 312 g/mol. The van der Waals surface area contributed by atoms with Gasteiger partial charge in [0.15, 0.2) is 5.78 Å². The van der Waals surface area contributed by atoms with E-state index in [0.717, 1.165) is 5.56 Å². The van der Waals surface area contributed by atoms with Gasteiger partial charge in [0.1, 0.15) is 5.75 Å². The van der Waals surface area contributed by atoms with Crippen LogP contribution in [0.3, 0.4) is 0 Å². The topological polar surface area (TPSA) is 43.4 Å². The summed E-state index contributed by atoms with van der Waals surface area (Å²) in [4.78, 5) is 23.4. The number of ether oxygens (including phenoxy) is 1. The highest BCUT2D eigenvalue weighted by atomic mass is 32.1. The molecule has 3 nitrogen and oxygen atoms in total. The Morgan fingerprint density at radius 3 is 2.32 bits per heavy atom. The molecule has 0 aliphatic rings. The Balaban J connectivity index is 1.99. The number of esters is 1. The Bertz CT molecular complexity index is 660. The van der Waals surface area contributed by atoms with Gasteiger partial charge in [-0.3, -0.25) is 9.59 Å². The van der Waals surface area contributed by atoms with E-state index < -0.39 is 0 Å². The van der Waals surface area contributed by atoms with E-state index in [9.17, 15) is 9.59 Å². The Hall–Kier alpha value is -2.33. The van der Waals surface area contributed by atoms with E-state index in [2.05, 4.69) is 12.6 Å². The van der Waals surface area contributed by atoms with Gasteiger partial charge in [0.05, 0.1) is 6.42 Å². The maximum atomic E-state index is 12.0. The standard InChI is InChI=1S/C18H16O3S/c19-17(11-6-14-4-2-1-3-5-14)15-7-9-16(10-8-15)21-18(20)12-13-22/h1-11,22H,12-13H2/b11-6+. The van der Waals surface area contributed by atoms with Crippen LogP contribution in [0.2, 0.25) is 0 Å². The molecule has 0 N–H and O–H groups in total. The van der Waals surface area contributed by atoms with E-state index in [1.807, 2.05) is 30.3 Å². The van der Waals surface area contributed by atoms with Crippen molar-refractivity contribution in [2.75, 3.05) is 5.75 Å². The second kappa shape index (κ2) is 8.20. The van der Waals surface area contributed by atoms with Gasteiger partial charge in [-0.1, -0.05) is 36.4 Å². The van der Waals surface area contributed by atoms with E-state index in [4.69, 9.17) is 4.74 Å². The molecular weight excluding hydrogens is 296 g/mol. The fourth-order valence-corrected chi connectivity index (χ4v) is 1.98. The van der Waals surface area contributed by atoms with Crippen LogP contribution >= 0.6 is 12.6 Å². The van der Waals surface area contributed by atoms with Gasteiger partial charge in [0, 0.05) is 11.3 Å². The molecule has 4 heteroatoms. The summed E-state index contributed by atoms with van der Waals surface area (Å²) >= 11 is 3.97. The minimum atomic E-state index is -0.335. The van der Waals surface area contributed by atoms with Crippen LogP contribution in [0.25, 0.3) is 6.08 Å². The maximum Gasteiger partial charge on any atom is 0.312 e. The minimum Gasteiger partial charge on any atom is -0.427 e. The van der Waals surface area contributed by atoms with E-state index in [1.165, 1.54) is 6.08 Å². The lowest BCUT2D eigenvalue weighted by atomic mass is 10.1. The van der Waals surface area contributed by atoms with Crippen molar-refractivity contribution in [1.29, 1.82) is 0 Å². The lowest BCUT2D eigenvalue weighted by Gasteiger charge is -2.03. The second-order valence-electron chi connectivity index (χ2n) is 4.58. The summed E-state index contributed by atoms with van der Waals surface area (Å²) in [6, 6.07) is 16.1. The first-order valence-electron chi connectivity index (χ1n) is 6.88. The number of carbonyl (C=O) groups is 2. The van der Waals surface area contributed by atoms with Gasteiger partial charge >= 0.3 is 5.97 Å². The van der Waals surface area contributed by atoms with Gasteiger partial charge in [-0.2, -0.15) is 12.6 Å². The third kappa shape index (κ3) is 4.90. The normalized spacial score (nSPS) is 10.6. The molecular formula is C18H16O3S. The molecule has 0 radical (unpaired) electrons. The summed E-state index contributed by atoms with van der Waals surface area (Å²) < 4.78 is 5.10. The SMILES string of the molecule is O=C(CCS)Oc1ccc(C(=O)/C=C/c2ccccc2)cc1. The van der Waals surface area contributed by atoms with Crippen molar-refractivity contribution in [2.45, 2.75) is 6.42 Å². The molecule has 22 heavy (non-hydrogen) atoms. The molecule has 0 spiro atoms. The molecule has 0 saturated heterocycles. The smallest absolute Gasteiger partial charge is 0.312 e. The summed E-state index contributed by atoms with van der Waals surface area (Å²) in [5, 5.41) is 0. The maximum absolute atomic E-state index is 12.0. The molecule has 0 aromatic heterocycles. The van der Waals surface area contributed by atoms with Crippen molar-refractivity contribution >= 4 is 30.5 Å². The van der Waals surface area contributed by atoms with Crippen LogP contribution in [0.1, 0.15) is 22.3 Å². The molecule has 0 heterocycles. The van der Waals surface area contributed by atoms with Crippen LogP contribution in [0, 0.1) is 0 Å². The lowest BCUT2D eigenvalue weighted by molar-refractivity contribution is -0.133. The predicted octanol–water partition coefficient (Wildman–Crippen LogP) is 3.81. The van der Waals surface area contributed by atoms with Gasteiger partial charge in [-0.15, -0.1) is 0 Å². The van der Waals surface area contributed by atoms with Gasteiger partial charge in [0.25, 0.3) is 0 Å². The average molecular weight is 312 g/mol. The number of hydrogen-bond donors (Lipinski definition) is 1. The van der Waals surface area contributed by atoms with Crippen molar-refractivity contribution in [3.63, 3.8) is 0 Å². The summed E-state index contributed by atoms with van der Waals surface area (Å²) in [6.07, 6.45) is 3.55. The molecule has 112 valence electrons. The Morgan fingerprint density at radius 1 is 1.00 bits per heavy atom. The van der Waals surface area contributed by atoms with E-state index in [0.29, 0.717) is 17.1 Å². The highest BCUT2D eigenvalue weighted by Crippen LogP contribution is 2.14. The quantitative estimate of drug-likeness (QED) is 0.290. The number of thiol groups is 1. The van der Waals surface area contributed by atoms with Gasteiger partial charge in [0.2, 0.25) is 0 Å². The zero-order valence-electron chi connectivity index (χ0n) is 11.9. The van der Waals surface area contributed by atoms with Crippen LogP contribution in [0.5, 0.6) is 5.75 Å². The zero-order chi connectivity index (χ0) is 15.8. The highest BCUT2D eigenvalue weighted by Gasteiger charge is 2.05. The highest BCUT2D eigenvalue weighted by molar-refractivity contribution is 7.80. The molecule has 0 atom stereocenters. The van der Waals surface area contributed by atoms with Crippen molar-refractivity contribution in [3.8, 4) is 5.75 Å². The predicted molar refractivity (Wildman–Crippen MR) is 90.4 cm³/mol. The summed E-state index contributed by atoms with van der Waals surface area (Å²) in [5.41, 5.74) is 1.51. The molecule has 0 amide bonds. The van der Waals surface area contributed by atoms with E-state index >= 15 is 0 Å². The van der Waals surface area contributed by atoms with Crippen LogP contribution in [0.15, 0.2) is 60.7 Å². The molecule has 2 rings (SSSR count). The summed E-state index contributed by atoms with van der Waals surface area (Å²) in [5.74, 6) is 0.435. The van der Waals surface area contributed by atoms with Crippen molar-refractivity contribution in [1.82, 2.24) is 0 Å². The van der Waals surface area contributed by atoms with E-state index in [1.54, 1.807) is 30.3 Å². The molecule has 0 unspecified atom stereocenters. The van der Waals surface area contributed by atoms with Crippen molar-refractivity contribution in [3.05, 3.63) is 71.8 Å². The lowest BCUT2D eigenvalue weighted by Crippen LogP contribution is -2.08. The molecule has 0 bridgehead atoms. The Morgan fingerprint density at radius 2 is 1.68 bits per heavy atom. The molecule has 0 aliphatic heterocycles. The van der Waals surface area contributed by atoms with Crippen LogP contribution in [0.4, 0.5) is 0 Å². The van der Waals surface area contributed by atoms with Crippen LogP contribution in [-0.4, -0.2) is 17.5 Å². The van der Waals surface area contributed by atoms with Crippen LogP contribution in [-0.2, 0) is 4.79 Å². The van der Waals surface area contributed by atoms with Crippen molar-refractivity contribution < 1.29 is 14.3 Å². The van der Waals surface area contributed by atoms with Gasteiger partial charge < -0.3 is 4.74 Å². The van der Waals surface area contributed by atoms with Gasteiger partial charge in [-0.25, -0.2) is 0 Å². The third-order valence-electron chi connectivity index (χ3n) is 2.91. The Kier molecular flexibility index (Phi) is 5.98. The molecule has 0 fully saturated rings. The summed E-state index contributed by atoms with van der Waals surface area (Å²) in [7, 11) is 0. The first kappa shape index (κ1) is 16.0. The number of benzene rings is 2. The largest absolute Gasteiger partial charge is 0.427 e.